The first-order valence-electron chi connectivity index (χ1n) is 5.80. The fourth-order valence-electron chi connectivity index (χ4n) is 1.78. The van der Waals surface area contributed by atoms with Crippen LogP contribution in [0.2, 0.25) is 0 Å². The maximum atomic E-state index is 9.80. The molecule has 16 heavy (non-hydrogen) atoms. The number of benzene rings is 1. The Labute approximate surface area is 98.1 Å². The summed E-state index contributed by atoms with van der Waals surface area (Å²) in [5.74, 6) is 0. The third-order valence-electron chi connectivity index (χ3n) is 2.64. The Morgan fingerprint density at radius 3 is 2.69 bits per heavy atom. The average molecular weight is 222 g/mol. The van der Waals surface area contributed by atoms with Crippen LogP contribution in [0.4, 0.5) is 5.69 Å². The van der Waals surface area contributed by atoms with Crippen molar-refractivity contribution in [2.24, 2.45) is 0 Å². The molecule has 0 fully saturated rings. The summed E-state index contributed by atoms with van der Waals surface area (Å²) in [4.78, 5) is 2.09. The number of aryl methyl sites for hydroxylation is 1. The van der Waals surface area contributed by atoms with Crippen molar-refractivity contribution in [2.45, 2.75) is 20.0 Å². The van der Waals surface area contributed by atoms with Gasteiger partial charge >= 0.3 is 0 Å². The lowest BCUT2D eigenvalue weighted by Crippen LogP contribution is -2.36. The number of hydrogen-bond donors (Lipinski definition) is 2. The second-order valence-corrected chi connectivity index (χ2v) is 4.13. The van der Waals surface area contributed by atoms with Crippen LogP contribution in [0.1, 0.15) is 12.5 Å². The summed E-state index contributed by atoms with van der Waals surface area (Å²) in [5, 5.41) is 12.9. The van der Waals surface area contributed by atoms with Crippen molar-refractivity contribution < 1.29 is 5.11 Å². The van der Waals surface area contributed by atoms with Crippen LogP contribution >= 0.6 is 0 Å². The summed E-state index contributed by atoms with van der Waals surface area (Å²) < 4.78 is 0. The Bertz CT molecular complexity index is 315. The number of nitrogens with one attached hydrogen (secondary N) is 1. The summed E-state index contributed by atoms with van der Waals surface area (Å²) in [5.41, 5.74) is 2.42. The third-order valence-corrected chi connectivity index (χ3v) is 2.64. The van der Waals surface area contributed by atoms with Gasteiger partial charge in [0.25, 0.3) is 0 Å². The molecule has 0 amide bonds. The summed E-state index contributed by atoms with van der Waals surface area (Å²) >= 11 is 0. The van der Waals surface area contributed by atoms with Crippen LogP contribution < -0.4 is 10.2 Å². The van der Waals surface area contributed by atoms with E-state index in [1.54, 1.807) is 0 Å². The average Bonchev–Trinajstić information content (AvgIpc) is 2.26. The Hall–Kier alpha value is -1.06. The molecule has 1 atom stereocenters. The standard InChI is InChI=1S/C13H22N2O/c1-4-14-9-12(16)10-15(3)13-8-6-5-7-11(13)2/h5-8,12,14,16H,4,9-10H2,1-3H3. The van der Waals surface area contributed by atoms with Crippen LogP contribution in [-0.2, 0) is 0 Å². The number of aliphatic hydroxyl groups excluding tert-OH is 1. The number of nitrogens with zero attached hydrogens (tertiary/aromatic N) is 1. The van der Waals surface area contributed by atoms with E-state index in [4.69, 9.17) is 0 Å². The number of rotatable bonds is 6. The molecule has 0 aliphatic heterocycles. The maximum Gasteiger partial charge on any atom is 0.0839 e. The molecule has 1 aromatic carbocycles. The Morgan fingerprint density at radius 2 is 2.06 bits per heavy atom. The van der Waals surface area contributed by atoms with Gasteiger partial charge in [0.05, 0.1) is 6.10 Å². The predicted octanol–water partition coefficient (Wildman–Crippen LogP) is 1.40. The van der Waals surface area contributed by atoms with Gasteiger partial charge < -0.3 is 15.3 Å². The SMILES string of the molecule is CCNCC(O)CN(C)c1ccccc1C. The molecule has 0 aliphatic carbocycles. The minimum Gasteiger partial charge on any atom is -0.390 e. The molecule has 1 unspecified atom stereocenters. The summed E-state index contributed by atoms with van der Waals surface area (Å²) in [6.45, 7) is 6.32. The summed E-state index contributed by atoms with van der Waals surface area (Å²) in [6.07, 6.45) is -0.329. The Morgan fingerprint density at radius 1 is 1.38 bits per heavy atom. The van der Waals surface area contributed by atoms with Crippen LogP contribution in [0.15, 0.2) is 24.3 Å². The van der Waals surface area contributed by atoms with E-state index in [1.165, 1.54) is 11.3 Å². The zero-order valence-corrected chi connectivity index (χ0v) is 10.4. The van der Waals surface area contributed by atoms with Crippen molar-refractivity contribution in [2.75, 3.05) is 31.6 Å². The van der Waals surface area contributed by atoms with Gasteiger partial charge in [-0.05, 0) is 25.1 Å². The van der Waals surface area contributed by atoms with E-state index in [0.29, 0.717) is 13.1 Å². The van der Waals surface area contributed by atoms with E-state index in [-0.39, 0.29) is 6.10 Å². The smallest absolute Gasteiger partial charge is 0.0839 e. The molecule has 0 spiro atoms. The Kier molecular flexibility index (Phi) is 5.29. The van der Waals surface area contributed by atoms with Crippen LogP contribution in [0.5, 0.6) is 0 Å². The van der Waals surface area contributed by atoms with E-state index in [0.717, 1.165) is 6.54 Å². The number of hydrogen-bond acceptors (Lipinski definition) is 3. The highest BCUT2D eigenvalue weighted by molar-refractivity contribution is 5.52. The van der Waals surface area contributed by atoms with E-state index in [9.17, 15) is 5.11 Å². The third kappa shape index (κ3) is 3.83. The number of likely N-dealkylation sites (N-methyl/N-ethyl adjacent to an activating group) is 2. The van der Waals surface area contributed by atoms with E-state index in [1.807, 2.05) is 26.1 Å². The molecule has 0 heterocycles. The molecule has 2 N–H and O–H groups in total. The van der Waals surface area contributed by atoms with Gasteiger partial charge in [-0.1, -0.05) is 25.1 Å². The maximum absolute atomic E-state index is 9.80. The predicted molar refractivity (Wildman–Crippen MR) is 69.0 cm³/mol. The molecular weight excluding hydrogens is 200 g/mol. The minimum absolute atomic E-state index is 0.329. The zero-order valence-electron chi connectivity index (χ0n) is 10.4. The van der Waals surface area contributed by atoms with Crippen molar-refractivity contribution in [3.63, 3.8) is 0 Å². The number of anilines is 1. The molecule has 0 saturated carbocycles. The molecule has 3 nitrogen and oxygen atoms in total. The second kappa shape index (κ2) is 6.51. The monoisotopic (exact) mass is 222 g/mol. The van der Waals surface area contributed by atoms with Crippen LogP contribution in [0, 0.1) is 6.92 Å². The highest BCUT2D eigenvalue weighted by Gasteiger charge is 2.09. The van der Waals surface area contributed by atoms with Crippen LogP contribution in [0.3, 0.4) is 0 Å². The lowest BCUT2D eigenvalue weighted by molar-refractivity contribution is 0.179. The highest BCUT2D eigenvalue weighted by Crippen LogP contribution is 2.17. The molecular formula is C13H22N2O. The summed E-state index contributed by atoms with van der Waals surface area (Å²) in [6, 6.07) is 8.22. The number of aliphatic hydroxyl groups is 1. The first kappa shape index (κ1) is 13.0. The van der Waals surface area contributed by atoms with Crippen molar-refractivity contribution >= 4 is 5.69 Å². The Balaban J connectivity index is 2.52. The fraction of sp³-hybridized carbons (Fsp3) is 0.538. The van der Waals surface area contributed by atoms with E-state index < -0.39 is 0 Å². The van der Waals surface area contributed by atoms with Gasteiger partial charge in [-0.25, -0.2) is 0 Å². The van der Waals surface area contributed by atoms with Gasteiger partial charge in [-0.15, -0.1) is 0 Å². The minimum atomic E-state index is -0.329. The molecule has 0 radical (unpaired) electrons. The molecule has 1 rings (SSSR count). The van der Waals surface area contributed by atoms with Gasteiger partial charge in [0, 0.05) is 25.8 Å². The lowest BCUT2D eigenvalue weighted by Gasteiger charge is -2.24. The first-order valence-corrected chi connectivity index (χ1v) is 5.80. The van der Waals surface area contributed by atoms with Crippen LogP contribution in [0.25, 0.3) is 0 Å². The van der Waals surface area contributed by atoms with Crippen molar-refractivity contribution in [3.8, 4) is 0 Å². The van der Waals surface area contributed by atoms with E-state index in [2.05, 4.69) is 29.3 Å². The van der Waals surface area contributed by atoms with Gasteiger partial charge in [-0.3, -0.25) is 0 Å². The van der Waals surface area contributed by atoms with Crippen molar-refractivity contribution in [3.05, 3.63) is 29.8 Å². The van der Waals surface area contributed by atoms with Gasteiger partial charge in [-0.2, -0.15) is 0 Å². The largest absolute Gasteiger partial charge is 0.390 e. The van der Waals surface area contributed by atoms with Gasteiger partial charge in [0.2, 0.25) is 0 Å². The molecule has 3 heteroatoms. The van der Waals surface area contributed by atoms with Crippen molar-refractivity contribution in [1.29, 1.82) is 0 Å². The normalized spacial score (nSPS) is 12.5. The molecule has 1 aromatic rings. The lowest BCUT2D eigenvalue weighted by atomic mass is 10.2. The number of para-hydroxylation sites is 1. The second-order valence-electron chi connectivity index (χ2n) is 4.13. The first-order chi connectivity index (χ1) is 7.65. The molecule has 90 valence electrons. The summed E-state index contributed by atoms with van der Waals surface area (Å²) in [7, 11) is 2.01. The molecule has 0 saturated heterocycles. The van der Waals surface area contributed by atoms with E-state index >= 15 is 0 Å². The van der Waals surface area contributed by atoms with Gasteiger partial charge in [0.1, 0.15) is 0 Å². The molecule has 0 aliphatic rings. The zero-order chi connectivity index (χ0) is 12.0. The quantitative estimate of drug-likeness (QED) is 0.764. The fourth-order valence-corrected chi connectivity index (χ4v) is 1.78. The molecule has 0 bridgehead atoms. The highest BCUT2D eigenvalue weighted by atomic mass is 16.3. The topological polar surface area (TPSA) is 35.5 Å². The molecule has 0 aromatic heterocycles. The van der Waals surface area contributed by atoms with Gasteiger partial charge in [0.15, 0.2) is 0 Å². The van der Waals surface area contributed by atoms with Crippen molar-refractivity contribution in [1.82, 2.24) is 5.32 Å². The van der Waals surface area contributed by atoms with Crippen LogP contribution in [-0.4, -0.2) is 37.9 Å².